The molecule has 1 atom stereocenters. The highest BCUT2D eigenvalue weighted by atomic mass is 16.5. The molecule has 0 bridgehead atoms. The normalized spacial score (nSPS) is 17.4. The number of ether oxygens (including phenoxy) is 2. The van der Waals surface area contributed by atoms with E-state index >= 15 is 0 Å². The topological polar surface area (TPSA) is 55.8 Å². The van der Waals surface area contributed by atoms with E-state index in [2.05, 4.69) is 0 Å². The second kappa shape index (κ2) is 7.55. The molecule has 2 aromatic carbocycles. The van der Waals surface area contributed by atoms with E-state index in [4.69, 9.17) is 9.47 Å². The number of fused-ring (bicyclic) bond motifs is 1. The van der Waals surface area contributed by atoms with Crippen molar-refractivity contribution in [1.29, 1.82) is 0 Å². The molecule has 5 nitrogen and oxygen atoms in total. The third-order valence-corrected chi connectivity index (χ3v) is 4.74. The third kappa shape index (κ3) is 3.76. The van der Waals surface area contributed by atoms with Crippen LogP contribution in [0.25, 0.3) is 10.8 Å². The summed E-state index contributed by atoms with van der Waals surface area (Å²) >= 11 is 0. The molecule has 0 unspecified atom stereocenters. The van der Waals surface area contributed by atoms with Crippen molar-refractivity contribution in [3.05, 3.63) is 42.0 Å². The fraction of sp³-hybridized carbons (Fsp3) is 0.400. The predicted octanol–water partition coefficient (Wildman–Crippen LogP) is 3.41. The van der Waals surface area contributed by atoms with Crippen LogP contribution in [0.4, 0.5) is 0 Å². The molecule has 5 heteroatoms. The maximum atomic E-state index is 12.5. The van der Waals surface area contributed by atoms with Gasteiger partial charge >= 0.3 is 5.97 Å². The molecule has 1 fully saturated rings. The van der Waals surface area contributed by atoms with Gasteiger partial charge in [-0.1, -0.05) is 24.3 Å². The average Bonchev–Trinajstić information content (AvgIpc) is 2.65. The van der Waals surface area contributed by atoms with Gasteiger partial charge in [-0.05, 0) is 49.1 Å². The third-order valence-electron chi connectivity index (χ3n) is 4.74. The maximum Gasteiger partial charge on any atom is 0.342 e. The Bertz CT molecular complexity index is 786. The van der Waals surface area contributed by atoms with Crippen LogP contribution in [0.15, 0.2) is 36.4 Å². The van der Waals surface area contributed by atoms with Gasteiger partial charge < -0.3 is 14.4 Å². The summed E-state index contributed by atoms with van der Waals surface area (Å²) in [7, 11) is 1.52. The van der Waals surface area contributed by atoms with Gasteiger partial charge in [-0.15, -0.1) is 0 Å². The summed E-state index contributed by atoms with van der Waals surface area (Å²) in [4.78, 5) is 26.6. The summed E-state index contributed by atoms with van der Waals surface area (Å²) in [5.41, 5.74) is 0.334. The van der Waals surface area contributed by atoms with Gasteiger partial charge in [0, 0.05) is 12.6 Å². The Morgan fingerprint density at radius 1 is 1.16 bits per heavy atom. The van der Waals surface area contributed by atoms with E-state index in [-0.39, 0.29) is 18.6 Å². The Hall–Kier alpha value is -2.56. The van der Waals surface area contributed by atoms with Gasteiger partial charge in [-0.2, -0.15) is 0 Å². The smallest absolute Gasteiger partial charge is 0.342 e. The number of nitrogens with zero attached hydrogens (tertiary/aromatic N) is 1. The fourth-order valence-corrected chi connectivity index (χ4v) is 3.30. The highest BCUT2D eigenvalue weighted by Gasteiger charge is 2.24. The van der Waals surface area contributed by atoms with E-state index in [1.807, 2.05) is 31.2 Å². The van der Waals surface area contributed by atoms with E-state index in [1.54, 1.807) is 17.0 Å². The standard InChI is InChI=1S/C20H23NO4/c1-14-7-5-6-10-21(14)19(22)13-25-20(23)17-11-15-8-3-4-9-16(15)12-18(17)24-2/h3-4,8-9,11-12,14H,5-7,10,13H2,1-2H3/t14-/m1/s1. The first-order valence-electron chi connectivity index (χ1n) is 8.63. The van der Waals surface area contributed by atoms with E-state index in [0.717, 1.165) is 36.6 Å². The van der Waals surface area contributed by atoms with E-state index in [0.29, 0.717) is 11.3 Å². The largest absolute Gasteiger partial charge is 0.496 e. The molecular weight excluding hydrogens is 318 g/mol. The zero-order valence-corrected chi connectivity index (χ0v) is 14.7. The quantitative estimate of drug-likeness (QED) is 0.800. The number of carbonyl (C=O) groups is 2. The van der Waals surface area contributed by atoms with Gasteiger partial charge in [-0.25, -0.2) is 4.79 Å². The first-order chi connectivity index (χ1) is 12.1. The summed E-state index contributed by atoms with van der Waals surface area (Å²) in [6.45, 7) is 2.53. The van der Waals surface area contributed by atoms with E-state index < -0.39 is 5.97 Å². The van der Waals surface area contributed by atoms with Crippen LogP contribution in [0.3, 0.4) is 0 Å². The number of methoxy groups -OCH3 is 1. The average molecular weight is 341 g/mol. The number of hydrogen-bond acceptors (Lipinski definition) is 4. The molecule has 2 aromatic rings. The number of rotatable bonds is 4. The number of carbonyl (C=O) groups excluding carboxylic acids is 2. The molecule has 25 heavy (non-hydrogen) atoms. The van der Waals surface area contributed by atoms with Crippen LogP contribution < -0.4 is 4.74 Å². The molecule has 1 heterocycles. The number of esters is 1. The summed E-state index contributed by atoms with van der Waals surface area (Å²) in [5, 5.41) is 1.90. The van der Waals surface area contributed by atoms with E-state index in [9.17, 15) is 9.59 Å². The van der Waals surface area contributed by atoms with Crippen molar-refractivity contribution in [1.82, 2.24) is 4.90 Å². The lowest BCUT2D eigenvalue weighted by molar-refractivity contribution is -0.137. The number of hydrogen-bond donors (Lipinski definition) is 0. The molecule has 0 radical (unpaired) electrons. The number of likely N-dealkylation sites (tertiary alicyclic amines) is 1. The maximum absolute atomic E-state index is 12.5. The van der Waals surface area contributed by atoms with Crippen molar-refractivity contribution < 1.29 is 19.1 Å². The first kappa shape index (κ1) is 17.3. The van der Waals surface area contributed by atoms with Crippen LogP contribution in [0.2, 0.25) is 0 Å². The van der Waals surface area contributed by atoms with Crippen molar-refractivity contribution in [2.45, 2.75) is 32.2 Å². The molecule has 1 saturated heterocycles. The van der Waals surface area contributed by atoms with Crippen molar-refractivity contribution in [2.24, 2.45) is 0 Å². The van der Waals surface area contributed by atoms with Gasteiger partial charge in [0.2, 0.25) is 0 Å². The summed E-state index contributed by atoms with van der Waals surface area (Å²) in [5.74, 6) is -0.233. The summed E-state index contributed by atoms with van der Waals surface area (Å²) < 4.78 is 10.6. The highest BCUT2D eigenvalue weighted by Crippen LogP contribution is 2.26. The zero-order valence-electron chi connectivity index (χ0n) is 14.7. The minimum absolute atomic E-state index is 0.139. The second-order valence-electron chi connectivity index (χ2n) is 6.41. The molecule has 3 rings (SSSR count). The highest BCUT2D eigenvalue weighted by molar-refractivity contribution is 5.99. The lowest BCUT2D eigenvalue weighted by atomic mass is 10.0. The predicted molar refractivity (Wildman–Crippen MR) is 95.8 cm³/mol. The fourth-order valence-electron chi connectivity index (χ4n) is 3.30. The molecule has 1 aliphatic rings. The summed E-state index contributed by atoms with van der Waals surface area (Å²) in [6, 6.07) is 11.5. The Kier molecular flexibility index (Phi) is 5.22. The number of benzene rings is 2. The molecule has 1 aliphatic heterocycles. The van der Waals surface area contributed by atoms with Crippen molar-refractivity contribution in [3.8, 4) is 5.75 Å². The van der Waals surface area contributed by atoms with Crippen LogP contribution >= 0.6 is 0 Å². The van der Waals surface area contributed by atoms with Crippen molar-refractivity contribution in [3.63, 3.8) is 0 Å². The molecule has 0 spiro atoms. The van der Waals surface area contributed by atoms with Gasteiger partial charge in [0.15, 0.2) is 6.61 Å². The lowest BCUT2D eigenvalue weighted by Gasteiger charge is -2.33. The van der Waals surface area contributed by atoms with Gasteiger partial charge in [0.1, 0.15) is 11.3 Å². The molecular formula is C20H23NO4. The van der Waals surface area contributed by atoms with Crippen LogP contribution in [0, 0.1) is 0 Å². The second-order valence-corrected chi connectivity index (χ2v) is 6.41. The molecule has 1 amide bonds. The first-order valence-corrected chi connectivity index (χ1v) is 8.63. The SMILES string of the molecule is COc1cc2ccccc2cc1C(=O)OCC(=O)N1CCCC[C@H]1C. The molecule has 0 saturated carbocycles. The summed E-state index contributed by atoms with van der Waals surface area (Å²) in [6.07, 6.45) is 3.14. The lowest BCUT2D eigenvalue weighted by Crippen LogP contribution is -2.44. The van der Waals surface area contributed by atoms with Crippen LogP contribution in [-0.4, -0.2) is 43.1 Å². The van der Waals surface area contributed by atoms with Crippen molar-refractivity contribution >= 4 is 22.6 Å². The zero-order chi connectivity index (χ0) is 17.8. The Labute approximate surface area is 147 Å². The number of amides is 1. The Morgan fingerprint density at radius 2 is 1.88 bits per heavy atom. The van der Waals surface area contributed by atoms with Crippen molar-refractivity contribution in [2.75, 3.05) is 20.3 Å². The van der Waals surface area contributed by atoms with Gasteiger partial charge in [-0.3, -0.25) is 4.79 Å². The minimum Gasteiger partial charge on any atom is -0.496 e. The van der Waals surface area contributed by atoms with Gasteiger partial charge in [0.25, 0.3) is 5.91 Å². The molecule has 0 aliphatic carbocycles. The van der Waals surface area contributed by atoms with Crippen LogP contribution in [-0.2, 0) is 9.53 Å². The minimum atomic E-state index is -0.541. The van der Waals surface area contributed by atoms with Gasteiger partial charge in [0.05, 0.1) is 7.11 Å². The van der Waals surface area contributed by atoms with Crippen LogP contribution in [0.1, 0.15) is 36.5 Å². The number of piperidine rings is 1. The Balaban J connectivity index is 1.72. The molecule has 132 valence electrons. The molecule has 0 N–H and O–H groups in total. The monoisotopic (exact) mass is 341 g/mol. The van der Waals surface area contributed by atoms with E-state index in [1.165, 1.54) is 7.11 Å². The molecule has 0 aromatic heterocycles. The van der Waals surface area contributed by atoms with Crippen LogP contribution in [0.5, 0.6) is 5.75 Å². The Morgan fingerprint density at radius 3 is 2.56 bits per heavy atom.